The first-order valence-electron chi connectivity index (χ1n) is 29.5. The molecule has 17 rings (SSSR count). The SMILES string of the molecule is c1ccc(-c2c3c(c(-c4ccccc4)c4c2B2c5ccccc5N(c5ccccc5)c5cc(N(c6ccccc6)c6ccccc6)cc(c52)N4c2ccccc2)Sc2cc(N(c4ccccc4)c4ccccc4)cc4c2B3c2ccccc2S4)cc1. The Hall–Kier alpha value is -10.1. The molecule has 0 fully saturated rings. The van der Waals surface area contributed by atoms with E-state index < -0.39 is 0 Å². The van der Waals surface area contributed by atoms with E-state index in [0.29, 0.717) is 0 Å². The maximum absolute atomic E-state index is 2.66. The summed E-state index contributed by atoms with van der Waals surface area (Å²) in [6.45, 7) is -0.317. The Labute approximate surface area is 511 Å². The van der Waals surface area contributed by atoms with Crippen molar-refractivity contribution < 1.29 is 0 Å². The number of hydrogen-bond donors (Lipinski definition) is 0. The molecule has 13 aromatic rings. The molecule has 0 atom stereocenters. The number of benzene rings is 13. The summed E-state index contributed by atoms with van der Waals surface area (Å²) in [6.07, 6.45) is 0. The molecule has 4 nitrogen and oxygen atoms in total. The molecule has 86 heavy (non-hydrogen) atoms. The van der Waals surface area contributed by atoms with Gasteiger partial charge in [0.25, 0.3) is 6.71 Å². The molecule has 4 aliphatic rings. The maximum Gasteiger partial charge on any atom is 0.252 e. The minimum absolute atomic E-state index is 0.106. The second kappa shape index (κ2) is 20.9. The summed E-state index contributed by atoms with van der Waals surface area (Å²) in [7, 11) is 0. The Morgan fingerprint density at radius 1 is 0.267 bits per heavy atom. The normalized spacial score (nSPS) is 12.9. The van der Waals surface area contributed by atoms with Crippen molar-refractivity contribution in [1.82, 2.24) is 0 Å². The topological polar surface area (TPSA) is 13.0 Å². The summed E-state index contributed by atoms with van der Waals surface area (Å²) < 4.78 is 0. The van der Waals surface area contributed by atoms with E-state index in [1.54, 1.807) is 0 Å². The van der Waals surface area contributed by atoms with Crippen molar-refractivity contribution in [2.24, 2.45) is 0 Å². The number of nitrogens with zero attached hydrogens (tertiary/aromatic N) is 4. The number of anilines is 12. The van der Waals surface area contributed by atoms with Crippen LogP contribution in [0.2, 0.25) is 0 Å². The average molecular weight is 1130 g/mol. The van der Waals surface area contributed by atoms with Crippen LogP contribution in [0.15, 0.2) is 335 Å². The average Bonchev–Trinajstić information content (AvgIpc) is 0.684. The van der Waals surface area contributed by atoms with Crippen LogP contribution in [-0.4, -0.2) is 13.4 Å². The fourth-order valence-corrected chi connectivity index (χ4v) is 16.7. The smallest absolute Gasteiger partial charge is 0.252 e. The zero-order chi connectivity index (χ0) is 56.7. The van der Waals surface area contributed by atoms with Gasteiger partial charge in [0.05, 0.1) is 11.4 Å². The third-order valence-corrected chi connectivity index (χ3v) is 19.8. The highest BCUT2D eigenvalue weighted by atomic mass is 32.2. The summed E-state index contributed by atoms with van der Waals surface area (Å²) in [5.74, 6) is 0. The van der Waals surface area contributed by atoms with Gasteiger partial charge in [0.2, 0.25) is 6.71 Å². The van der Waals surface area contributed by atoms with Crippen LogP contribution >= 0.6 is 23.5 Å². The molecule has 0 unspecified atom stereocenters. The summed E-state index contributed by atoms with van der Waals surface area (Å²) in [6, 6.07) is 117. The fourth-order valence-electron chi connectivity index (χ4n) is 14.0. The molecule has 0 radical (unpaired) electrons. The van der Waals surface area contributed by atoms with Crippen LogP contribution in [0, 0.1) is 0 Å². The lowest BCUT2D eigenvalue weighted by atomic mass is 9.29. The van der Waals surface area contributed by atoms with Crippen LogP contribution in [0.5, 0.6) is 0 Å². The lowest BCUT2D eigenvalue weighted by Gasteiger charge is -2.48. The van der Waals surface area contributed by atoms with E-state index in [1.807, 2.05) is 23.5 Å². The van der Waals surface area contributed by atoms with Crippen LogP contribution in [0.25, 0.3) is 22.3 Å². The van der Waals surface area contributed by atoms with Gasteiger partial charge in [0, 0.05) is 82.0 Å². The Morgan fingerprint density at radius 2 is 0.663 bits per heavy atom. The second-order valence-electron chi connectivity index (χ2n) is 22.3. The van der Waals surface area contributed by atoms with Gasteiger partial charge in [-0.25, -0.2) is 0 Å². The van der Waals surface area contributed by atoms with Crippen molar-refractivity contribution in [1.29, 1.82) is 0 Å². The third-order valence-electron chi connectivity index (χ3n) is 17.5. The largest absolute Gasteiger partial charge is 0.311 e. The van der Waals surface area contributed by atoms with Crippen LogP contribution in [-0.2, 0) is 0 Å². The molecule has 8 heteroatoms. The van der Waals surface area contributed by atoms with E-state index in [2.05, 4.69) is 335 Å². The summed E-state index contributed by atoms with van der Waals surface area (Å²) in [5, 5.41) is 0. The zero-order valence-electron chi connectivity index (χ0n) is 46.8. The van der Waals surface area contributed by atoms with Gasteiger partial charge in [-0.2, -0.15) is 0 Å². The monoisotopic (exact) mass is 1130 g/mol. The molecular weight excluding hydrogens is 1080 g/mol. The van der Waals surface area contributed by atoms with Crippen LogP contribution < -0.4 is 52.4 Å². The van der Waals surface area contributed by atoms with Crippen molar-refractivity contribution in [3.05, 3.63) is 315 Å². The lowest BCUT2D eigenvalue weighted by molar-refractivity contribution is 1.22. The Kier molecular flexibility index (Phi) is 12.2. The summed E-state index contributed by atoms with van der Waals surface area (Å²) in [4.78, 5) is 15.2. The van der Waals surface area contributed by atoms with Gasteiger partial charge >= 0.3 is 0 Å². The van der Waals surface area contributed by atoms with Gasteiger partial charge in [-0.15, -0.1) is 0 Å². The molecule has 0 bridgehead atoms. The molecule has 0 aromatic heterocycles. The fraction of sp³-hybridized carbons (Fsp3) is 0. The Balaban J connectivity index is 1.05. The maximum atomic E-state index is 2.66. The van der Waals surface area contributed by atoms with Gasteiger partial charge in [0.1, 0.15) is 0 Å². The van der Waals surface area contributed by atoms with Crippen molar-refractivity contribution >= 4 is 138 Å². The first-order valence-corrected chi connectivity index (χ1v) is 31.1. The molecule has 0 saturated heterocycles. The number of rotatable bonds is 10. The standard InChI is InChI=1S/C78H52B2N4S2/c1-9-29-53(30-10-1)71-75-77(72(54-31-11-2-12-32-54)78-76(71)80-64-46-26-28-48-68(64)85-69-51-62(52-70(86-78)74(69)80)82(57-37-17-5-18-38-57)58-39-19-6-20-40-58)84(60-43-23-8-24-44-60)67-50-61(81(55-33-13-3-14-34-55)56-35-15-4-16-36-56)49-66-73(67)79(75)63-45-25-27-47-65(63)83(66)59-41-21-7-22-42-59/h1-52H. The highest BCUT2D eigenvalue weighted by Gasteiger charge is 2.50. The van der Waals surface area contributed by atoms with Gasteiger partial charge in [-0.1, -0.05) is 235 Å². The molecule has 13 aromatic carbocycles. The van der Waals surface area contributed by atoms with E-state index >= 15 is 0 Å². The van der Waals surface area contributed by atoms with Gasteiger partial charge in [-0.05, 0) is 153 Å². The van der Waals surface area contributed by atoms with Crippen LogP contribution in [0.1, 0.15) is 0 Å². The molecule has 0 aliphatic carbocycles. The van der Waals surface area contributed by atoms with Gasteiger partial charge in [-0.3, -0.25) is 0 Å². The van der Waals surface area contributed by atoms with Crippen LogP contribution in [0.4, 0.5) is 68.2 Å². The van der Waals surface area contributed by atoms with Crippen molar-refractivity contribution in [3.63, 3.8) is 0 Å². The highest BCUT2D eigenvalue weighted by Crippen LogP contribution is 2.55. The predicted octanol–water partition coefficient (Wildman–Crippen LogP) is 17.5. The van der Waals surface area contributed by atoms with E-state index in [-0.39, 0.29) is 13.4 Å². The van der Waals surface area contributed by atoms with Crippen molar-refractivity contribution in [2.45, 2.75) is 19.6 Å². The van der Waals surface area contributed by atoms with Gasteiger partial charge < -0.3 is 19.6 Å². The van der Waals surface area contributed by atoms with E-state index in [9.17, 15) is 0 Å². The molecule has 4 heterocycles. The summed E-state index contributed by atoms with van der Waals surface area (Å²) in [5.41, 5.74) is 26.2. The first-order chi connectivity index (χ1) is 42.7. The zero-order valence-corrected chi connectivity index (χ0v) is 48.4. The minimum atomic E-state index is -0.211. The quantitative estimate of drug-likeness (QED) is 0.126. The molecule has 402 valence electrons. The summed E-state index contributed by atoms with van der Waals surface area (Å²) >= 11 is 3.87. The molecule has 0 saturated carbocycles. The van der Waals surface area contributed by atoms with E-state index in [4.69, 9.17) is 0 Å². The van der Waals surface area contributed by atoms with Crippen LogP contribution in [0.3, 0.4) is 0 Å². The molecule has 0 spiro atoms. The molecule has 0 N–H and O–H groups in total. The molecular formula is C78H52B2N4S2. The second-order valence-corrected chi connectivity index (χ2v) is 24.4. The Morgan fingerprint density at radius 3 is 1.20 bits per heavy atom. The predicted molar refractivity (Wildman–Crippen MR) is 366 cm³/mol. The Bertz CT molecular complexity index is 4640. The van der Waals surface area contributed by atoms with E-state index in [0.717, 1.165) is 62.6 Å². The van der Waals surface area contributed by atoms with Crippen molar-refractivity contribution in [3.8, 4) is 22.3 Å². The minimum Gasteiger partial charge on any atom is -0.311 e. The first kappa shape index (κ1) is 50.4. The van der Waals surface area contributed by atoms with E-state index in [1.165, 1.54) is 80.3 Å². The number of fused-ring (bicyclic) bond motifs is 8. The highest BCUT2D eigenvalue weighted by molar-refractivity contribution is 8.01. The lowest BCUT2D eigenvalue weighted by Crippen LogP contribution is -2.65. The number of para-hydroxylation sites is 7. The molecule has 0 amide bonds. The third kappa shape index (κ3) is 8.12. The van der Waals surface area contributed by atoms with Crippen molar-refractivity contribution in [2.75, 3.05) is 19.6 Å². The van der Waals surface area contributed by atoms with Gasteiger partial charge in [0.15, 0.2) is 0 Å². The number of hydrogen-bond acceptors (Lipinski definition) is 6. The molecule has 4 aliphatic heterocycles.